The van der Waals surface area contributed by atoms with Crippen LogP contribution >= 0.6 is 0 Å². The Labute approximate surface area is 222 Å². The fourth-order valence-electron chi connectivity index (χ4n) is 6.59. The van der Waals surface area contributed by atoms with E-state index < -0.39 is 46.1 Å². The summed E-state index contributed by atoms with van der Waals surface area (Å²) >= 11 is 0. The van der Waals surface area contributed by atoms with E-state index in [-0.39, 0.29) is 25.4 Å². The molecule has 0 radical (unpaired) electrons. The van der Waals surface area contributed by atoms with Crippen LogP contribution in [-0.2, 0) is 22.3 Å². The smallest absolute Gasteiger partial charge is 0.287 e. The SMILES string of the molecule is CN1CCOC(COc2ccc(C34CC(C(F)(F)C(O)(Cn5cnnn5)c5ccc(F)cc5F)(C3)C4)cc2)C1. The van der Waals surface area contributed by atoms with E-state index >= 15 is 8.78 Å². The van der Waals surface area contributed by atoms with Gasteiger partial charge in [-0.05, 0) is 72.0 Å². The Kier molecular flexibility index (Phi) is 6.20. The van der Waals surface area contributed by atoms with Gasteiger partial charge in [-0.3, -0.25) is 0 Å². The highest BCUT2D eigenvalue weighted by atomic mass is 19.3. The first-order chi connectivity index (χ1) is 18.6. The number of benzene rings is 2. The topological polar surface area (TPSA) is 85.5 Å². The van der Waals surface area contributed by atoms with Gasteiger partial charge in [0.15, 0.2) is 5.60 Å². The lowest BCUT2D eigenvalue weighted by atomic mass is 9.30. The Morgan fingerprint density at radius 1 is 1.13 bits per heavy atom. The van der Waals surface area contributed by atoms with Gasteiger partial charge in [0.1, 0.15) is 36.4 Å². The Hall–Kier alpha value is -3.09. The zero-order valence-corrected chi connectivity index (χ0v) is 21.4. The van der Waals surface area contributed by atoms with Gasteiger partial charge in [0.25, 0.3) is 5.92 Å². The van der Waals surface area contributed by atoms with Crippen molar-refractivity contribution in [2.75, 3.05) is 33.4 Å². The van der Waals surface area contributed by atoms with Gasteiger partial charge in [-0.25, -0.2) is 22.2 Å². The molecule has 1 aliphatic heterocycles. The van der Waals surface area contributed by atoms with E-state index in [0.29, 0.717) is 25.0 Å². The van der Waals surface area contributed by atoms with Gasteiger partial charge < -0.3 is 19.5 Å². The predicted octanol–water partition coefficient (Wildman–Crippen LogP) is 3.31. The van der Waals surface area contributed by atoms with Crippen LogP contribution in [0.15, 0.2) is 48.8 Å². The molecule has 8 nitrogen and oxygen atoms in total. The molecule has 1 saturated heterocycles. The molecule has 7 rings (SSSR count). The van der Waals surface area contributed by atoms with Crippen molar-refractivity contribution in [3.05, 3.63) is 71.6 Å². The average Bonchev–Trinajstić information content (AvgIpc) is 3.34. The summed E-state index contributed by atoms with van der Waals surface area (Å²) in [6.45, 7) is 1.97. The number of aliphatic hydroxyl groups is 1. The minimum absolute atomic E-state index is 0.0128. The molecule has 4 fully saturated rings. The molecule has 2 bridgehead atoms. The molecule has 2 unspecified atom stereocenters. The van der Waals surface area contributed by atoms with Crippen LogP contribution in [0.4, 0.5) is 17.6 Å². The standard InChI is InChI=1S/C27H29F4N5O3/c1-35-8-9-38-21(11-35)12-39-20-5-2-18(3-6-20)24-13-25(14-24,15-24)27(30,31)26(37,16-36-17-32-33-34-36)22-7-4-19(28)10-23(22)29/h2-7,10,17,21,37H,8-9,11-16H2,1H3. The van der Waals surface area contributed by atoms with Crippen molar-refractivity contribution in [2.24, 2.45) is 5.41 Å². The lowest BCUT2D eigenvalue weighted by Crippen LogP contribution is -2.76. The quantitative estimate of drug-likeness (QED) is 0.412. The zero-order valence-electron chi connectivity index (χ0n) is 21.4. The molecule has 12 heteroatoms. The number of likely N-dealkylation sites (N-methyl/N-ethyl adjacent to an activating group) is 1. The molecule has 4 aliphatic rings. The third-order valence-electron chi connectivity index (χ3n) is 8.62. The monoisotopic (exact) mass is 547 g/mol. The molecule has 3 aromatic rings. The van der Waals surface area contributed by atoms with Gasteiger partial charge in [0.05, 0.1) is 13.2 Å². The van der Waals surface area contributed by atoms with Crippen molar-refractivity contribution in [3.8, 4) is 5.75 Å². The molecular formula is C27H29F4N5O3. The molecule has 39 heavy (non-hydrogen) atoms. The highest BCUT2D eigenvalue weighted by Crippen LogP contribution is 2.80. The van der Waals surface area contributed by atoms with Crippen LogP contribution < -0.4 is 4.74 Å². The normalized spacial score (nSPS) is 28.3. The maximum absolute atomic E-state index is 16.3. The third-order valence-corrected chi connectivity index (χ3v) is 8.62. The third kappa shape index (κ3) is 4.20. The summed E-state index contributed by atoms with van der Waals surface area (Å²) < 4.78 is 73.5. The second-order valence-electron chi connectivity index (χ2n) is 11.2. The predicted molar refractivity (Wildman–Crippen MR) is 130 cm³/mol. The molecule has 2 atom stereocenters. The number of aromatic nitrogens is 4. The molecule has 1 N–H and O–H groups in total. The summed E-state index contributed by atoms with van der Waals surface area (Å²) in [5, 5.41) is 21.9. The minimum atomic E-state index is -3.76. The van der Waals surface area contributed by atoms with Crippen molar-refractivity contribution >= 4 is 0 Å². The van der Waals surface area contributed by atoms with E-state index in [4.69, 9.17) is 9.47 Å². The van der Waals surface area contributed by atoms with E-state index in [2.05, 4.69) is 20.4 Å². The van der Waals surface area contributed by atoms with Gasteiger partial charge in [-0.1, -0.05) is 12.1 Å². The van der Waals surface area contributed by atoms with E-state index in [9.17, 15) is 13.9 Å². The molecule has 1 aromatic heterocycles. The van der Waals surface area contributed by atoms with Crippen LogP contribution in [0.3, 0.4) is 0 Å². The van der Waals surface area contributed by atoms with Crippen LogP contribution in [-0.4, -0.2) is 75.6 Å². The second-order valence-corrected chi connectivity index (χ2v) is 11.2. The number of morpholine rings is 1. The fourth-order valence-corrected chi connectivity index (χ4v) is 6.59. The van der Waals surface area contributed by atoms with E-state index in [1.54, 1.807) is 0 Å². The number of hydrogen-bond donors (Lipinski definition) is 1. The number of nitrogens with zero attached hydrogens (tertiary/aromatic N) is 5. The van der Waals surface area contributed by atoms with Gasteiger partial charge >= 0.3 is 0 Å². The van der Waals surface area contributed by atoms with Crippen molar-refractivity contribution in [2.45, 2.75) is 48.8 Å². The summed E-state index contributed by atoms with van der Waals surface area (Å²) in [5.41, 5.74) is -4.78. The van der Waals surface area contributed by atoms with Gasteiger partial charge in [-0.15, -0.1) is 5.10 Å². The van der Waals surface area contributed by atoms with Crippen LogP contribution in [0.5, 0.6) is 5.75 Å². The van der Waals surface area contributed by atoms with Crippen LogP contribution in [0, 0.1) is 17.0 Å². The molecule has 0 spiro atoms. The lowest BCUT2D eigenvalue weighted by Gasteiger charge is -2.74. The van der Waals surface area contributed by atoms with Crippen molar-refractivity contribution in [3.63, 3.8) is 0 Å². The summed E-state index contributed by atoms with van der Waals surface area (Å²) in [6.07, 6.45) is 1.41. The molecule has 0 amide bonds. The first-order valence-electron chi connectivity index (χ1n) is 12.9. The van der Waals surface area contributed by atoms with Gasteiger partial charge in [0.2, 0.25) is 0 Å². The fraction of sp³-hybridized carbons (Fsp3) is 0.519. The first kappa shape index (κ1) is 26.1. The molecule has 2 heterocycles. The highest BCUT2D eigenvalue weighted by molar-refractivity contribution is 5.44. The summed E-state index contributed by atoms with van der Waals surface area (Å²) in [4.78, 5) is 2.18. The van der Waals surface area contributed by atoms with Crippen molar-refractivity contribution in [1.29, 1.82) is 0 Å². The highest BCUT2D eigenvalue weighted by Gasteiger charge is 2.82. The summed E-state index contributed by atoms with van der Waals surface area (Å²) in [5.74, 6) is -5.28. The van der Waals surface area contributed by atoms with Crippen LogP contribution in [0.25, 0.3) is 0 Å². The van der Waals surface area contributed by atoms with Crippen LogP contribution in [0.2, 0.25) is 0 Å². The Morgan fingerprint density at radius 3 is 2.51 bits per heavy atom. The van der Waals surface area contributed by atoms with Gasteiger partial charge in [-0.2, -0.15) is 0 Å². The van der Waals surface area contributed by atoms with Crippen molar-refractivity contribution in [1.82, 2.24) is 25.1 Å². The number of alkyl halides is 2. The molecule has 208 valence electrons. The number of tetrazole rings is 1. The Balaban J connectivity index is 1.18. The maximum Gasteiger partial charge on any atom is 0.287 e. The molecule has 3 aliphatic carbocycles. The average molecular weight is 548 g/mol. The summed E-state index contributed by atoms with van der Waals surface area (Å²) in [7, 11) is 2.03. The van der Waals surface area contributed by atoms with Crippen LogP contribution in [0.1, 0.15) is 30.4 Å². The number of hydrogen-bond acceptors (Lipinski definition) is 7. The second kappa shape index (κ2) is 9.24. The number of halogens is 4. The van der Waals surface area contributed by atoms with Gasteiger partial charge in [0, 0.05) is 30.1 Å². The zero-order chi connectivity index (χ0) is 27.5. The van der Waals surface area contributed by atoms with E-state index in [1.165, 1.54) is 0 Å². The lowest BCUT2D eigenvalue weighted by molar-refractivity contribution is -0.347. The summed E-state index contributed by atoms with van der Waals surface area (Å²) in [6, 6.07) is 9.63. The number of ether oxygens (including phenoxy) is 2. The molecule has 3 saturated carbocycles. The minimum Gasteiger partial charge on any atom is -0.491 e. The van der Waals surface area contributed by atoms with Crippen molar-refractivity contribution < 1.29 is 32.1 Å². The number of rotatable bonds is 9. The Bertz CT molecular complexity index is 1320. The van der Waals surface area contributed by atoms with E-state index in [0.717, 1.165) is 41.8 Å². The van der Waals surface area contributed by atoms with E-state index in [1.807, 2.05) is 31.3 Å². The maximum atomic E-state index is 16.3. The molecule has 2 aromatic carbocycles. The Morgan fingerprint density at radius 2 is 1.87 bits per heavy atom. The molecular weight excluding hydrogens is 518 g/mol. The first-order valence-corrected chi connectivity index (χ1v) is 12.9. The largest absolute Gasteiger partial charge is 0.491 e.